The van der Waals surface area contributed by atoms with Crippen LogP contribution in [0.15, 0.2) is 36.4 Å². The van der Waals surface area contributed by atoms with Gasteiger partial charge in [0.15, 0.2) is 16.6 Å². The second-order valence-corrected chi connectivity index (χ2v) is 9.30. The number of thiazole rings is 1. The van der Waals surface area contributed by atoms with Crippen LogP contribution < -0.4 is 19.3 Å². The minimum atomic E-state index is -0.0313. The van der Waals surface area contributed by atoms with Crippen molar-refractivity contribution in [2.24, 2.45) is 0 Å². The summed E-state index contributed by atoms with van der Waals surface area (Å²) in [6, 6.07) is 11.8. The number of halogens is 1. The van der Waals surface area contributed by atoms with Crippen LogP contribution in [-0.4, -0.2) is 69.3 Å². The molecule has 7 nitrogen and oxygen atoms in total. The van der Waals surface area contributed by atoms with E-state index in [1.54, 1.807) is 4.90 Å². The van der Waals surface area contributed by atoms with E-state index in [1.807, 2.05) is 50.5 Å². The van der Waals surface area contributed by atoms with E-state index >= 15 is 0 Å². The summed E-state index contributed by atoms with van der Waals surface area (Å²) >= 11 is 1.51. The van der Waals surface area contributed by atoms with Crippen molar-refractivity contribution in [1.29, 1.82) is 0 Å². The Bertz CT molecular complexity index is 1060. The average molecular weight is 505 g/mol. The lowest BCUT2D eigenvalue weighted by molar-refractivity contribution is 0.0986. The van der Waals surface area contributed by atoms with Crippen molar-refractivity contribution in [2.75, 3.05) is 63.3 Å². The van der Waals surface area contributed by atoms with Gasteiger partial charge in [-0.3, -0.25) is 9.69 Å². The molecule has 0 N–H and O–H groups in total. The molecular weight excluding hydrogens is 472 g/mol. The highest BCUT2D eigenvalue weighted by molar-refractivity contribution is 7.22. The molecule has 34 heavy (non-hydrogen) atoms. The zero-order chi connectivity index (χ0) is 23.4. The van der Waals surface area contributed by atoms with Crippen LogP contribution in [0.2, 0.25) is 0 Å². The van der Waals surface area contributed by atoms with Crippen molar-refractivity contribution in [3.8, 4) is 11.5 Å². The van der Waals surface area contributed by atoms with Gasteiger partial charge in [0, 0.05) is 43.0 Å². The molecule has 2 aromatic carbocycles. The third kappa shape index (κ3) is 5.74. The Hall–Kier alpha value is -2.55. The fraction of sp³-hybridized carbons (Fsp3) is 0.440. The molecule has 0 aliphatic carbocycles. The fourth-order valence-corrected chi connectivity index (χ4v) is 4.96. The Labute approximate surface area is 211 Å². The number of anilines is 2. The fourth-order valence-electron chi connectivity index (χ4n) is 3.96. The number of nitrogens with zero attached hydrogens (tertiary/aromatic N) is 4. The number of hydrogen-bond acceptors (Lipinski definition) is 7. The predicted octanol–water partition coefficient (Wildman–Crippen LogP) is 4.93. The molecule has 0 fully saturated rings. The zero-order valence-corrected chi connectivity index (χ0v) is 21.9. The molecule has 1 aliphatic rings. The van der Waals surface area contributed by atoms with E-state index in [2.05, 4.69) is 23.6 Å². The maximum absolute atomic E-state index is 13.6. The summed E-state index contributed by atoms with van der Waals surface area (Å²) in [5.41, 5.74) is 2.61. The summed E-state index contributed by atoms with van der Waals surface area (Å²) in [7, 11) is 4.08. The number of carbonyl (C=O) groups excluding carboxylic acids is 1. The Balaban J connectivity index is 0.00000324. The van der Waals surface area contributed by atoms with Gasteiger partial charge in [0.25, 0.3) is 5.91 Å². The summed E-state index contributed by atoms with van der Waals surface area (Å²) in [5, 5.41) is 0.698. The predicted molar refractivity (Wildman–Crippen MR) is 143 cm³/mol. The highest BCUT2D eigenvalue weighted by atomic mass is 35.5. The van der Waals surface area contributed by atoms with Gasteiger partial charge in [0.05, 0.1) is 10.2 Å². The number of carbonyl (C=O) groups is 1. The topological polar surface area (TPSA) is 58.1 Å². The Morgan fingerprint density at radius 3 is 2.26 bits per heavy atom. The van der Waals surface area contributed by atoms with E-state index in [0.29, 0.717) is 36.2 Å². The quantitative estimate of drug-likeness (QED) is 0.411. The summed E-state index contributed by atoms with van der Waals surface area (Å²) in [4.78, 5) is 24.6. The molecule has 184 valence electrons. The number of ether oxygens (including phenoxy) is 2. The second kappa shape index (κ2) is 11.7. The molecule has 0 unspecified atom stereocenters. The Morgan fingerprint density at radius 2 is 1.65 bits per heavy atom. The Kier molecular flexibility index (Phi) is 8.99. The molecule has 3 aromatic rings. The summed E-state index contributed by atoms with van der Waals surface area (Å²) < 4.78 is 12.4. The van der Waals surface area contributed by atoms with Gasteiger partial charge < -0.3 is 19.3 Å². The lowest BCUT2D eigenvalue weighted by Crippen LogP contribution is -2.33. The number of aromatic nitrogens is 1. The maximum Gasteiger partial charge on any atom is 0.260 e. The molecule has 0 saturated heterocycles. The molecule has 4 rings (SSSR count). The van der Waals surface area contributed by atoms with E-state index < -0.39 is 0 Å². The number of fused-ring (bicyclic) bond motifs is 2. The van der Waals surface area contributed by atoms with Crippen LogP contribution in [-0.2, 0) is 0 Å². The SMILES string of the molecule is CCN(CC)c1ccc(C(=O)N(CCCN(C)C)c2nc3cc4c(cc3s2)OCCO4)cc1.Cl. The van der Waals surface area contributed by atoms with Crippen LogP contribution >= 0.6 is 23.7 Å². The molecule has 2 heterocycles. The van der Waals surface area contributed by atoms with Crippen LogP contribution in [0.4, 0.5) is 10.8 Å². The molecule has 0 spiro atoms. The van der Waals surface area contributed by atoms with Crippen LogP contribution in [0.3, 0.4) is 0 Å². The lowest BCUT2D eigenvalue weighted by Gasteiger charge is -2.23. The third-order valence-electron chi connectivity index (χ3n) is 5.75. The first-order valence-corrected chi connectivity index (χ1v) is 12.3. The van der Waals surface area contributed by atoms with Crippen LogP contribution in [0.25, 0.3) is 10.2 Å². The normalized spacial score (nSPS) is 12.5. The van der Waals surface area contributed by atoms with E-state index in [0.717, 1.165) is 47.7 Å². The van der Waals surface area contributed by atoms with Gasteiger partial charge in [-0.1, -0.05) is 11.3 Å². The van der Waals surface area contributed by atoms with Gasteiger partial charge >= 0.3 is 0 Å². The van der Waals surface area contributed by atoms with E-state index in [1.165, 1.54) is 11.3 Å². The first-order chi connectivity index (χ1) is 16.0. The standard InChI is InChI=1S/C25H32N4O3S.ClH/c1-5-28(6-2)19-10-8-18(9-11-19)24(30)29(13-7-12-27(3)4)25-26-20-16-21-22(17-23(20)33-25)32-15-14-31-21;/h8-11,16-17H,5-7,12-15H2,1-4H3;1H. The average Bonchev–Trinajstić information content (AvgIpc) is 3.23. The number of benzene rings is 2. The van der Waals surface area contributed by atoms with Crippen LogP contribution in [0.5, 0.6) is 11.5 Å². The highest BCUT2D eigenvalue weighted by Crippen LogP contribution is 2.39. The first kappa shape index (κ1) is 26.1. The minimum Gasteiger partial charge on any atom is -0.486 e. The van der Waals surface area contributed by atoms with Gasteiger partial charge in [-0.25, -0.2) is 4.98 Å². The van der Waals surface area contributed by atoms with E-state index in [4.69, 9.17) is 14.5 Å². The molecule has 9 heteroatoms. The molecule has 1 aliphatic heterocycles. The molecule has 1 aromatic heterocycles. The van der Waals surface area contributed by atoms with Crippen molar-refractivity contribution in [3.05, 3.63) is 42.0 Å². The molecular formula is C25H33ClN4O3S. The largest absolute Gasteiger partial charge is 0.486 e. The van der Waals surface area contributed by atoms with Gasteiger partial charge in [0.2, 0.25) is 0 Å². The number of amides is 1. The number of hydrogen-bond donors (Lipinski definition) is 0. The van der Waals surface area contributed by atoms with Crippen molar-refractivity contribution in [3.63, 3.8) is 0 Å². The van der Waals surface area contributed by atoms with E-state index in [-0.39, 0.29) is 18.3 Å². The van der Waals surface area contributed by atoms with E-state index in [9.17, 15) is 4.79 Å². The van der Waals surface area contributed by atoms with Crippen LogP contribution in [0.1, 0.15) is 30.6 Å². The molecule has 0 atom stereocenters. The van der Waals surface area contributed by atoms with Gasteiger partial charge in [-0.15, -0.1) is 12.4 Å². The summed E-state index contributed by atoms with van der Waals surface area (Å²) in [6.45, 7) is 8.71. The summed E-state index contributed by atoms with van der Waals surface area (Å²) in [6.07, 6.45) is 0.856. The number of rotatable bonds is 9. The smallest absolute Gasteiger partial charge is 0.260 e. The molecule has 0 radical (unpaired) electrons. The van der Waals surface area contributed by atoms with Gasteiger partial charge in [-0.05, 0) is 65.2 Å². The lowest BCUT2D eigenvalue weighted by atomic mass is 10.1. The van der Waals surface area contributed by atoms with Crippen LogP contribution in [0, 0.1) is 0 Å². The van der Waals surface area contributed by atoms with Crippen molar-refractivity contribution < 1.29 is 14.3 Å². The summed E-state index contributed by atoms with van der Waals surface area (Å²) in [5.74, 6) is 1.42. The monoisotopic (exact) mass is 504 g/mol. The van der Waals surface area contributed by atoms with Crippen molar-refractivity contribution in [2.45, 2.75) is 20.3 Å². The highest BCUT2D eigenvalue weighted by Gasteiger charge is 2.23. The molecule has 0 saturated carbocycles. The molecule has 0 bridgehead atoms. The molecule has 1 amide bonds. The second-order valence-electron chi connectivity index (χ2n) is 8.29. The maximum atomic E-state index is 13.6. The van der Waals surface area contributed by atoms with Crippen molar-refractivity contribution in [1.82, 2.24) is 9.88 Å². The van der Waals surface area contributed by atoms with Gasteiger partial charge in [-0.2, -0.15) is 0 Å². The van der Waals surface area contributed by atoms with Gasteiger partial charge in [0.1, 0.15) is 13.2 Å². The van der Waals surface area contributed by atoms with Crippen molar-refractivity contribution >= 4 is 50.7 Å². The first-order valence-electron chi connectivity index (χ1n) is 11.5. The zero-order valence-electron chi connectivity index (χ0n) is 20.2. The minimum absolute atomic E-state index is 0. The third-order valence-corrected chi connectivity index (χ3v) is 6.79. The Morgan fingerprint density at radius 1 is 1.00 bits per heavy atom.